The molecule has 0 fully saturated rings. The molecule has 232 valence electrons. The predicted octanol–water partition coefficient (Wildman–Crippen LogP) is 10.6. The molecule has 44 heavy (non-hydrogen) atoms. The Morgan fingerprint density at radius 3 is 2.14 bits per heavy atom. The molecule has 6 heteroatoms. The van der Waals surface area contributed by atoms with Gasteiger partial charge in [-0.3, -0.25) is 0 Å². The van der Waals surface area contributed by atoms with Crippen LogP contribution in [0.2, 0.25) is 6.82 Å². The number of unbranched alkanes of at least 4 members (excludes halogenated alkanes) is 2. The molecule has 0 saturated heterocycles. The molecular formula is C38H48BBrN2O2. The lowest BCUT2D eigenvalue weighted by molar-refractivity contribution is 0.223. The van der Waals surface area contributed by atoms with Crippen LogP contribution >= 0.6 is 15.9 Å². The Kier molecular flexibility index (Phi) is 11.3. The van der Waals surface area contributed by atoms with Crippen molar-refractivity contribution in [2.24, 2.45) is 11.8 Å². The summed E-state index contributed by atoms with van der Waals surface area (Å²) in [6.07, 6.45) is 9.54. The summed E-state index contributed by atoms with van der Waals surface area (Å²) >= 11 is 3.71. The maximum Gasteiger partial charge on any atom is 0.154 e. The molecule has 0 amide bonds. The summed E-state index contributed by atoms with van der Waals surface area (Å²) in [7, 11) is 0.990. The van der Waals surface area contributed by atoms with Crippen molar-refractivity contribution in [3.63, 3.8) is 0 Å². The van der Waals surface area contributed by atoms with E-state index in [0.29, 0.717) is 18.4 Å². The molecule has 0 aliphatic heterocycles. The van der Waals surface area contributed by atoms with Crippen molar-refractivity contribution in [3.8, 4) is 22.9 Å². The van der Waals surface area contributed by atoms with Gasteiger partial charge in [-0.05, 0) is 59.7 Å². The first-order valence-corrected chi connectivity index (χ1v) is 17.7. The fourth-order valence-corrected chi connectivity index (χ4v) is 6.58. The Hall–Kier alpha value is -2.99. The monoisotopic (exact) mass is 654 g/mol. The number of hydrogen-bond acceptors (Lipinski definition) is 3. The van der Waals surface area contributed by atoms with Gasteiger partial charge in [0.25, 0.3) is 0 Å². The number of aromatic nitrogens is 2. The number of ether oxygens (including phenoxy) is 2. The summed E-state index contributed by atoms with van der Waals surface area (Å²) in [5, 5.41) is 4.80. The van der Waals surface area contributed by atoms with Crippen LogP contribution in [0.25, 0.3) is 44.0 Å². The average Bonchev–Trinajstić information content (AvgIpc) is 3.50. The van der Waals surface area contributed by atoms with Crippen molar-refractivity contribution in [1.82, 2.24) is 9.97 Å². The fourth-order valence-electron chi connectivity index (χ4n) is 6.22. The number of fused-ring (bicyclic) bond motifs is 6. The molecule has 1 aromatic heterocycles. The Bertz CT molecular complexity index is 1700. The van der Waals surface area contributed by atoms with Crippen molar-refractivity contribution >= 4 is 61.3 Å². The second-order valence-electron chi connectivity index (χ2n) is 12.3. The minimum absolute atomic E-state index is 0.527. The van der Waals surface area contributed by atoms with Gasteiger partial charge >= 0.3 is 0 Å². The SMILES string of the molecule is CBc1ccc2c3ccc(Br)cc3c3nc(-c4ccc(OCC(CC)CCCC)cc4OCC(CC)CCCC)[nH]c3c2c1. The van der Waals surface area contributed by atoms with E-state index in [-0.39, 0.29) is 0 Å². The summed E-state index contributed by atoms with van der Waals surface area (Å²) in [4.78, 5) is 9.02. The number of nitrogens with one attached hydrogen (secondary N) is 1. The van der Waals surface area contributed by atoms with Crippen molar-refractivity contribution in [2.45, 2.75) is 85.9 Å². The molecule has 0 aliphatic carbocycles. The van der Waals surface area contributed by atoms with Gasteiger partial charge in [0.05, 0.1) is 29.8 Å². The molecule has 1 N–H and O–H groups in total. The van der Waals surface area contributed by atoms with Crippen molar-refractivity contribution < 1.29 is 9.47 Å². The van der Waals surface area contributed by atoms with E-state index < -0.39 is 0 Å². The van der Waals surface area contributed by atoms with Crippen LogP contribution in [-0.4, -0.2) is 30.5 Å². The first-order chi connectivity index (χ1) is 21.5. The number of H-pyrrole nitrogens is 1. The van der Waals surface area contributed by atoms with E-state index in [1.807, 2.05) is 0 Å². The Labute approximate surface area is 272 Å². The summed E-state index contributed by atoms with van der Waals surface area (Å²) in [5.74, 6) is 3.63. The van der Waals surface area contributed by atoms with E-state index in [1.54, 1.807) is 0 Å². The van der Waals surface area contributed by atoms with Crippen LogP contribution in [0.5, 0.6) is 11.5 Å². The topological polar surface area (TPSA) is 47.1 Å². The lowest BCUT2D eigenvalue weighted by Gasteiger charge is -2.19. The minimum Gasteiger partial charge on any atom is -0.493 e. The molecule has 0 saturated carbocycles. The highest BCUT2D eigenvalue weighted by Crippen LogP contribution is 2.39. The Morgan fingerprint density at radius 1 is 0.773 bits per heavy atom. The summed E-state index contributed by atoms with van der Waals surface area (Å²) in [6.45, 7) is 12.7. The number of halogens is 1. The molecule has 4 aromatic carbocycles. The van der Waals surface area contributed by atoms with Crippen LogP contribution in [0.1, 0.15) is 79.1 Å². The van der Waals surface area contributed by atoms with Crippen molar-refractivity contribution in [2.75, 3.05) is 13.2 Å². The highest BCUT2D eigenvalue weighted by atomic mass is 79.9. The molecule has 2 atom stereocenters. The number of aromatic amines is 1. The highest BCUT2D eigenvalue weighted by molar-refractivity contribution is 9.10. The zero-order valence-corrected chi connectivity index (χ0v) is 28.9. The molecular weight excluding hydrogens is 607 g/mol. The standard InChI is InChI=1S/C38H48BBrN2O2/c1-6-10-12-25(8-3)23-43-29-16-19-32(35(22-29)44-24-26(9-4)13-11-7-2)38-41-36-33-20-27(39-5)14-17-30(33)31-18-15-28(40)21-34(31)37(36)42-38/h14-22,25-26,39H,6-13,23-24H2,1-5H3,(H,41,42). The third-order valence-corrected chi connectivity index (χ3v) is 9.74. The number of imidazole rings is 1. The number of benzene rings is 4. The van der Waals surface area contributed by atoms with Crippen LogP contribution in [0, 0.1) is 11.8 Å². The van der Waals surface area contributed by atoms with Gasteiger partial charge < -0.3 is 14.5 Å². The average molecular weight is 656 g/mol. The summed E-state index contributed by atoms with van der Waals surface area (Å²) in [6, 6.07) is 19.6. The predicted molar refractivity (Wildman–Crippen MR) is 194 cm³/mol. The van der Waals surface area contributed by atoms with Crippen LogP contribution in [0.4, 0.5) is 0 Å². The lowest BCUT2D eigenvalue weighted by atomic mass is 9.72. The van der Waals surface area contributed by atoms with Crippen LogP contribution < -0.4 is 14.9 Å². The quantitative estimate of drug-likeness (QED) is 0.0850. The maximum atomic E-state index is 6.66. The number of hydrogen-bond donors (Lipinski definition) is 1. The van der Waals surface area contributed by atoms with Gasteiger partial charge in [0.15, 0.2) is 7.28 Å². The van der Waals surface area contributed by atoms with Crippen LogP contribution in [0.15, 0.2) is 59.1 Å². The Balaban J connectivity index is 1.59. The molecule has 0 aliphatic rings. The largest absolute Gasteiger partial charge is 0.493 e. The lowest BCUT2D eigenvalue weighted by Crippen LogP contribution is -2.13. The number of nitrogens with zero attached hydrogens (tertiary/aromatic N) is 1. The van der Waals surface area contributed by atoms with Gasteiger partial charge in [-0.15, -0.1) is 0 Å². The van der Waals surface area contributed by atoms with Gasteiger partial charge in [-0.2, -0.15) is 0 Å². The molecule has 0 spiro atoms. The smallest absolute Gasteiger partial charge is 0.154 e. The van der Waals surface area contributed by atoms with E-state index in [9.17, 15) is 0 Å². The molecule has 4 nitrogen and oxygen atoms in total. The zero-order chi connectivity index (χ0) is 31.1. The molecule has 2 unspecified atom stereocenters. The minimum atomic E-state index is 0.527. The van der Waals surface area contributed by atoms with E-state index in [4.69, 9.17) is 14.5 Å². The molecule has 5 rings (SSSR count). The fraction of sp³-hybridized carbons (Fsp3) is 0.447. The maximum absolute atomic E-state index is 6.66. The molecule has 1 heterocycles. The van der Waals surface area contributed by atoms with Gasteiger partial charge in [-0.1, -0.05) is 119 Å². The van der Waals surface area contributed by atoms with Gasteiger partial charge in [0.2, 0.25) is 0 Å². The third-order valence-electron chi connectivity index (χ3n) is 9.25. The van der Waals surface area contributed by atoms with Gasteiger partial charge in [0, 0.05) is 21.3 Å². The summed E-state index contributed by atoms with van der Waals surface area (Å²) < 4.78 is 14.1. The van der Waals surface area contributed by atoms with E-state index in [0.717, 1.165) is 70.5 Å². The first-order valence-electron chi connectivity index (χ1n) is 16.9. The molecule has 0 radical (unpaired) electrons. The third kappa shape index (κ3) is 7.28. The summed E-state index contributed by atoms with van der Waals surface area (Å²) in [5.41, 5.74) is 4.34. The van der Waals surface area contributed by atoms with Crippen LogP contribution in [-0.2, 0) is 0 Å². The zero-order valence-electron chi connectivity index (χ0n) is 27.3. The molecule has 0 bridgehead atoms. The first kappa shape index (κ1) is 32.4. The number of rotatable bonds is 16. The molecule has 5 aromatic rings. The van der Waals surface area contributed by atoms with E-state index >= 15 is 0 Å². The second kappa shape index (κ2) is 15.3. The van der Waals surface area contributed by atoms with E-state index in [1.165, 1.54) is 60.1 Å². The van der Waals surface area contributed by atoms with Crippen molar-refractivity contribution in [1.29, 1.82) is 0 Å². The normalized spacial score (nSPS) is 13.0. The van der Waals surface area contributed by atoms with Gasteiger partial charge in [0.1, 0.15) is 17.3 Å². The van der Waals surface area contributed by atoms with Gasteiger partial charge in [-0.25, -0.2) is 4.98 Å². The highest BCUT2D eigenvalue weighted by Gasteiger charge is 2.19. The second-order valence-corrected chi connectivity index (χ2v) is 13.3. The van der Waals surface area contributed by atoms with E-state index in [2.05, 4.69) is 110 Å². The Morgan fingerprint density at radius 2 is 1.45 bits per heavy atom. The van der Waals surface area contributed by atoms with Crippen LogP contribution in [0.3, 0.4) is 0 Å². The van der Waals surface area contributed by atoms with Crippen molar-refractivity contribution in [3.05, 3.63) is 59.1 Å².